The molecule has 0 saturated carbocycles. The zero-order chi connectivity index (χ0) is 11.8. The first-order chi connectivity index (χ1) is 7.74. The van der Waals surface area contributed by atoms with Gasteiger partial charge in [-0.15, -0.1) is 11.6 Å². The molecule has 0 radical (unpaired) electrons. The predicted molar refractivity (Wildman–Crippen MR) is 59.1 cm³/mol. The van der Waals surface area contributed by atoms with Crippen molar-refractivity contribution >= 4 is 23.5 Å². The topological polar surface area (TPSA) is 52.6 Å². The molecule has 0 spiro atoms. The molecular weight excluding hydrogens is 232 g/mol. The van der Waals surface area contributed by atoms with Gasteiger partial charge in [0.05, 0.1) is 5.92 Å². The number of rotatable bonds is 5. The van der Waals surface area contributed by atoms with Crippen molar-refractivity contribution in [1.29, 1.82) is 0 Å². The summed E-state index contributed by atoms with van der Waals surface area (Å²) < 4.78 is 9.65. The zero-order valence-electron chi connectivity index (χ0n) is 8.99. The summed E-state index contributed by atoms with van der Waals surface area (Å²) in [5.41, 5.74) is 0. The van der Waals surface area contributed by atoms with E-state index in [1.165, 1.54) is 0 Å². The molecule has 0 saturated heterocycles. The van der Waals surface area contributed by atoms with Crippen LogP contribution in [0.2, 0.25) is 0 Å². The fraction of sp³-hybridized carbons (Fsp3) is 0.636. The Kier molecular flexibility index (Phi) is 5.93. The van der Waals surface area contributed by atoms with E-state index in [0.29, 0.717) is 0 Å². The largest absolute Gasteiger partial charge is 0.462 e. The first kappa shape index (κ1) is 13.0. The van der Waals surface area contributed by atoms with Crippen LogP contribution in [-0.2, 0) is 19.1 Å². The SMILES string of the molecule is O=C(CCl)OCCOC(=O)C1CC=CCC1. The van der Waals surface area contributed by atoms with Crippen LogP contribution in [0, 0.1) is 5.92 Å². The summed E-state index contributed by atoms with van der Waals surface area (Å²) in [6.45, 7) is 0.168. The Morgan fingerprint density at radius 3 is 2.62 bits per heavy atom. The Hall–Kier alpha value is -1.03. The molecule has 1 rings (SSSR count). The minimum atomic E-state index is -0.502. The molecule has 0 N–H and O–H groups in total. The van der Waals surface area contributed by atoms with Crippen molar-refractivity contribution < 1.29 is 19.1 Å². The van der Waals surface area contributed by atoms with Crippen LogP contribution in [0.1, 0.15) is 19.3 Å². The third-order valence-electron chi connectivity index (χ3n) is 2.30. The van der Waals surface area contributed by atoms with Crippen LogP contribution in [0.15, 0.2) is 12.2 Å². The Balaban J connectivity index is 2.10. The van der Waals surface area contributed by atoms with Gasteiger partial charge in [-0.05, 0) is 19.3 Å². The van der Waals surface area contributed by atoms with E-state index < -0.39 is 5.97 Å². The molecule has 0 aromatic rings. The summed E-state index contributed by atoms with van der Waals surface area (Å²) in [4.78, 5) is 22.1. The van der Waals surface area contributed by atoms with E-state index in [1.54, 1.807) is 0 Å². The van der Waals surface area contributed by atoms with Crippen LogP contribution in [0.3, 0.4) is 0 Å². The summed E-state index contributed by atoms with van der Waals surface area (Å²) in [6, 6.07) is 0. The highest BCUT2D eigenvalue weighted by molar-refractivity contribution is 6.26. The zero-order valence-corrected chi connectivity index (χ0v) is 9.74. The quantitative estimate of drug-likeness (QED) is 0.320. The van der Waals surface area contributed by atoms with Crippen LogP contribution in [0.25, 0.3) is 0 Å². The van der Waals surface area contributed by atoms with Crippen molar-refractivity contribution in [2.24, 2.45) is 5.92 Å². The Morgan fingerprint density at radius 1 is 1.25 bits per heavy atom. The average Bonchev–Trinajstić information content (AvgIpc) is 2.35. The molecule has 0 amide bonds. The Bertz CT molecular complexity index is 275. The highest BCUT2D eigenvalue weighted by Crippen LogP contribution is 2.19. The lowest BCUT2D eigenvalue weighted by molar-refractivity contribution is -0.154. The van der Waals surface area contributed by atoms with Crippen molar-refractivity contribution in [3.63, 3.8) is 0 Å². The summed E-state index contributed by atoms with van der Waals surface area (Å²) in [7, 11) is 0. The number of halogens is 1. The lowest BCUT2D eigenvalue weighted by Crippen LogP contribution is -2.21. The number of esters is 2. The standard InChI is InChI=1S/C11H15ClO4/c12-8-10(13)15-6-7-16-11(14)9-4-2-1-3-5-9/h1-2,9H,3-8H2. The summed E-state index contributed by atoms with van der Waals surface area (Å²) in [5, 5.41) is 0. The van der Waals surface area contributed by atoms with Gasteiger partial charge in [0.1, 0.15) is 19.1 Å². The maximum absolute atomic E-state index is 11.5. The molecule has 1 atom stereocenters. The number of hydrogen-bond acceptors (Lipinski definition) is 4. The smallest absolute Gasteiger partial charge is 0.320 e. The molecule has 0 heterocycles. The second-order valence-electron chi connectivity index (χ2n) is 3.50. The van der Waals surface area contributed by atoms with Gasteiger partial charge in [0.15, 0.2) is 0 Å². The third-order valence-corrected chi connectivity index (χ3v) is 2.52. The van der Waals surface area contributed by atoms with Crippen molar-refractivity contribution in [2.75, 3.05) is 19.1 Å². The highest BCUT2D eigenvalue weighted by Gasteiger charge is 2.19. The highest BCUT2D eigenvalue weighted by atomic mass is 35.5. The minimum absolute atomic E-state index is 0.0475. The van der Waals surface area contributed by atoms with E-state index in [-0.39, 0.29) is 31.0 Å². The van der Waals surface area contributed by atoms with Crippen molar-refractivity contribution in [3.05, 3.63) is 12.2 Å². The van der Waals surface area contributed by atoms with Gasteiger partial charge in [-0.3, -0.25) is 9.59 Å². The molecule has 0 bridgehead atoms. The van der Waals surface area contributed by atoms with Crippen molar-refractivity contribution in [2.45, 2.75) is 19.3 Å². The number of carbonyl (C=O) groups excluding carboxylic acids is 2. The summed E-state index contributed by atoms with van der Waals surface area (Å²) in [6.07, 6.45) is 6.53. The summed E-state index contributed by atoms with van der Waals surface area (Å²) >= 11 is 5.23. The maximum Gasteiger partial charge on any atom is 0.320 e. The van der Waals surface area contributed by atoms with Gasteiger partial charge < -0.3 is 9.47 Å². The van der Waals surface area contributed by atoms with E-state index >= 15 is 0 Å². The predicted octanol–water partition coefficient (Wildman–Crippen LogP) is 1.67. The molecule has 0 fully saturated rings. The van der Waals surface area contributed by atoms with Crippen LogP contribution in [0.4, 0.5) is 0 Å². The van der Waals surface area contributed by atoms with Gasteiger partial charge in [-0.1, -0.05) is 12.2 Å². The minimum Gasteiger partial charge on any atom is -0.462 e. The average molecular weight is 247 g/mol. The second-order valence-corrected chi connectivity index (χ2v) is 3.77. The van der Waals surface area contributed by atoms with Gasteiger partial charge in [0.2, 0.25) is 0 Å². The lowest BCUT2D eigenvalue weighted by atomic mass is 9.95. The van der Waals surface area contributed by atoms with Gasteiger partial charge in [-0.2, -0.15) is 0 Å². The monoisotopic (exact) mass is 246 g/mol. The van der Waals surface area contributed by atoms with Crippen LogP contribution in [-0.4, -0.2) is 31.0 Å². The molecule has 4 nitrogen and oxygen atoms in total. The number of ether oxygens (including phenoxy) is 2. The molecular formula is C11H15ClO4. The number of alkyl halides is 1. The molecule has 0 aromatic heterocycles. The molecule has 1 unspecified atom stereocenters. The van der Waals surface area contributed by atoms with Gasteiger partial charge >= 0.3 is 11.9 Å². The normalized spacial score (nSPS) is 19.2. The molecule has 0 aromatic carbocycles. The van der Waals surface area contributed by atoms with E-state index in [1.807, 2.05) is 6.08 Å². The maximum atomic E-state index is 11.5. The lowest BCUT2D eigenvalue weighted by Gasteiger charge is -2.16. The third kappa shape index (κ3) is 4.66. The summed E-state index contributed by atoms with van der Waals surface area (Å²) in [5.74, 6) is -0.945. The second kappa shape index (κ2) is 7.28. The fourth-order valence-corrected chi connectivity index (χ4v) is 1.54. The first-order valence-electron chi connectivity index (χ1n) is 5.27. The molecule has 5 heteroatoms. The Morgan fingerprint density at radius 2 is 2.00 bits per heavy atom. The van der Waals surface area contributed by atoms with E-state index in [2.05, 4.69) is 10.8 Å². The molecule has 1 aliphatic carbocycles. The van der Waals surface area contributed by atoms with Gasteiger partial charge in [-0.25, -0.2) is 0 Å². The first-order valence-corrected chi connectivity index (χ1v) is 5.80. The van der Waals surface area contributed by atoms with Crippen molar-refractivity contribution in [3.8, 4) is 0 Å². The number of allylic oxidation sites excluding steroid dienone is 2. The molecule has 16 heavy (non-hydrogen) atoms. The van der Waals surface area contributed by atoms with Gasteiger partial charge in [0.25, 0.3) is 0 Å². The van der Waals surface area contributed by atoms with E-state index in [9.17, 15) is 9.59 Å². The van der Waals surface area contributed by atoms with Crippen LogP contribution < -0.4 is 0 Å². The van der Waals surface area contributed by atoms with E-state index in [4.69, 9.17) is 16.3 Å². The van der Waals surface area contributed by atoms with Gasteiger partial charge in [0, 0.05) is 0 Å². The van der Waals surface area contributed by atoms with E-state index in [0.717, 1.165) is 19.3 Å². The fourth-order valence-electron chi connectivity index (χ4n) is 1.46. The number of hydrogen-bond donors (Lipinski definition) is 0. The van der Waals surface area contributed by atoms with Crippen molar-refractivity contribution in [1.82, 2.24) is 0 Å². The van der Waals surface area contributed by atoms with Crippen LogP contribution >= 0.6 is 11.6 Å². The molecule has 1 aliphatic rings. The van der Waals surface area contributed by atoms with Crippen LogP contribution in [0.5, 0.6) is 0 Å². The molecule has 0 aliphatic heterocycles. The number of carbonyl (C=O) groups is 2. The molecule has 90 valence electrons. The Labute approximate surface area is 99.5 Å².